The highest BCUT2D eigenvalue weighted by atomic mass is 35.5. The molecule has 1 unspecified atom stereocenters. The van der Waals surface area contributed by atoms with E-state index in [1.165, 1.54) is 19.2 Å². The number of carbonyl (C=O) groups is 2. The van der Waals surface area contributed by atoms with Crippen LogP contribution in [0, 0.1) is 5.82 Å². The number of carboxylic acids is 1. The van der Waals surface area contributed by atoms with Gasteiger partial charge in [-0.2, -0.15) is 0 Å². The molecular formula is C19H21ClF2N2O6. The first-order chi connectivity index (χ1) is 14.3. The van der Waals surface area contributed by atoms with E-state index in [0.717, 1.165) is 7.11 Å². The Morgan fingerprint density at radius 3 is 2.50 bits per heavy atom. The quantitative estimate of drug-likeness (QED) is 0.388. The van der Waals surface area contributed by atoms with Gasteiger partial charge in [-0.15, -0.1) is 0 Å². The molecule has 0 saturated carbocycles. The number of ether oxygens (including phenoxy) is 3. The first kappa shape index (κ1) is 23.6. The Morgan fingerprint density at radius 2 is 1.97 bits per heavy atom. The minimum absolute atomic E-state index is 0.0699. The summed E-state index contributed by atoms with van der Waals surface area (Å²) in [6.07, 6.45) is 0. The third-order valence-corrected chi connectivity index (χ3v) is 4.74. The first-order valence-electron chi connectivity index (χ1n) is 8.72. The second kappa shape index (κ2) is 10.4. The lowest BCUT2D eigenvalue weighted by atomic mass is 9.79. The summed E-state index contributed by atoms with van der Waals surface area (Å²) in [5.74, 6) is -5.33. The molecule has 30 heavy (non-hydrogen) atoms. The average molecular weight is 447 g/mol. The van der Waals surface area contributed by atoms with Gasteiger partial charge in [0.25, 0.3) is 0 Å². The number of aliphatic carboxylic acids is 1. The second-order valence-corrected chi connectivity index (χ2v) is 6.50. The van der Waals surface area contributed by atoms with Gasteiger partial charge in [-0.3, -0.25) is 0 Å². The Balaban J connectivity index is 2.84. The predicted octanol–water partition coefficient (Wildman–Crippen LogP) is 1.89. The Bertz CT molecular complexity index is 903. The van der Waals surface area contributed by atoms with Crippen molar-refractivity contribution in [3.05, 3.63) is 51.1 Å². The van der Waals surface area contributed by atoms with Crippen LogP contribution in [0.15, 0.2) is 34.7 Å². The number of nitrogens with one attached hydrogen (secondary N) is 1. The summed E-state index contributed by atoms with van der Waals surface area (Å²) in [4.78, 5) is 24.7. The molecular weight excluding hydrogens is 426 g/mol. The molecule has 0 saturated heterocycles. The molecule has 8 nitrogen and oxygen atoms in total. The van der Waals surface area contributed by atoms with Crippen LogP contribution in [0.4, 0.5) is 8.78 Å². The van der Waals surface area contributed by atoms with Crippen LogP contribution >= 0.6 is 11.6 Å². The molecule has 0 spiro atoms. The molecule has 1 atom stereocenters. The fourth-order valence-corrected chi connectivity index (χ4v) is 3.41. The Labute approximate surface area is 176 Å². The van der Waals surface area contributed by atoms with E-state index in [0.29, 0.717) is 0 Å². The number of dihydropyridines is 1. The third-order valence-electron chi connectivity index (χ3n) is 4.41. The minimum atomic E-state index is -1.58. The molecule has 0 aliphatic carbocycles. The van der Waals surface area contributed by atoms with Crippen molar-refractivity contribution in [2.24, 2.45) is 5.73 Å². The van der Waals surface area contributed by atoms with E-state index in [-0.39, 0.29) is 47.5 Å². The van der Waals surface area contributed by atoms with Gasteiger partial charge < -0.3 is 30.4 Å². The highest BCUT2D eigenvalue weighted by molar-refractivity contribution is 6.31. The minimum Gasteiger partial charge on any atom is -0.494 e. The van der Waals surface area contributed by atoms with E-state index in [4.69, 9.17) is 31.5 Å². The van der Waals surface area contributed by atoms with Gasteiger partial charge in [0.2, 0.25) is 0 Å². The Kier molecular flexibility index (Phi) is 8.16. The van der Waals surface area contributed by atoms with Crippen LogP contribution in [-0.4, -0.2) is 57.7 Å². The molecule has 0 amide bonds. The number of benzene rings is 1. The van der Waals surface area contributed by atoms with Gasteiger partial charge in [0.05, 0.1) is 55.9 Å². The number of esters is 1. The first-order valence-corrected chi connectivity index (χ1v) is 9.10. The van der Waals surface area contributed by atoms with Gasteiger partial charge in [0.1, 0.15) is 6.67 Å². The molecule has 1 aromatic carbocycles. The monoisotopic (exact) mass is 446 g/mol. The standard InChI is InChI=1S/C19H21ClF2N2O6/c1-28-12-4-3-9(20)13(17(12)22)16-14(18(25)26)11(8-30-6-5-23)24-10(7-21)15(16)19(27)29-2/h3-4,16,24H,5-8,23H2,1-2H3,(H,25,26). The number of nitrogens with two attached hydrogens (primary N) is 1. The Morgan fingerprint density at radius 1 is 1.27 bits per heavy atom. The molecule has 0 radical (unpaired) electrons. The number of alkyl halides is 1. The molecule has 4 N–H and O–H groups in total. The highest BCUT2D eigenvalue weighted by Crippen LogP contribution is 2.44. The van der Waals surface area contributed by atoms with Gasteiger partial charge in [0, 0.05) is 17.1 Å². The van der Waals surface area contributed by atoms with Crippen molar-refractivity contribution >= 4 is 23.5 Å². The van der Waals surface area contributed by atoms with Crippen molar-refractivity contribution in [1.82, 2.24) is 5.32 Å². The molecule has 1 aromatic rings. The van der Waals surface area contributed by atoms with Crippen molar-refractivity contribution < 1.29 is 37.7 Å². The average Bonchev–Trinajstić information content (AvgIpc) is 2.72. The number of carbonyl (C=O) groups excluding carboxylic acids is 1. The van der Waals surface area contributed by atoms with Crippen LogP contribution in [-0.2, 0) is 19.1 Å². The third kappa shape index (κ3) is 4.55. The van der Waals surface area contributed by atoms with E-state index < -0.39 is 41.5 Å². The molecule has 0 bridgehead atoms. The largest absolute Gasteiger partial charge is 0.494 e. The number of allylic oxidation sites excluding steroid dienone is 1. The van der Waals surface area contributed by atoms with E-state index in [2.05, 4.69) is 5.32 Å². The van der Waals surface area contributed by atoms with E-state index >= 15 is 4.39 Å². The maximum Gasteiger partial charge on any atom is 0.336 e. The maximum absolute atomic E-state index is 15.2. The molecule has 2 rings (SSSR count). The zero-order valence-corrected chi connectivity index (χ0v) is 17.0. The lowest BCUT2D eigenvalue weighted by Crippen LogP contribution is -2.36. The van der Waals surface area contributed by atoms with Gasteiger partial charge in [-0.05, 0) is 12.1 Å². The molecule has 1 aliphatic heterocycles. The zero-order valence-electron chi connectivity index (χ0n) is 16.3. The summed E-state index contributed by atoms with van der Waals surface area (Å²) in [6, 6.07) is 2.53. The number of hydrogen-bond donors (Lipinski definition) is 3. The van der Waals surface area contributed by atoms with Gasteiger partial charge >= 0.3 is 11.9 Å². The SMILES string of the molecule is COC(=O)C1=C(CF)NC(COCCN)=C(C(=O)O)C1c1c(Cl)ccc(OC)c1F. The normalized spacial score (nSPS) is 16.4. The zero-order chi connectivity index (χ0) is 22.4. The van der Waals surface area contributed by atoms with Crippen molar-refractivity contribution in [3.8, 4) is 5.75 Å². The highest BCUT2D eigenvalue weighted by Gasteiger charge is 2.42. The van der Waals surface area contributed by atoms with Crippen LogP contribution in [0.3, 0.4) is 0 Å². The topological polar surface area (TPSA) is 120 Å². The van der Waals surface area contributed by atoms with E-state index in [1.54, 1.807) is 0 Å². The summed E-state index contributed by atoms with van der Waals surface area (Å²) in [7, 11) is 2.25. The fourth-order valence-electron chi connectivity index (χ4n) is 3.15. The summed E-state index contributed by atoms with van der Waals surface area (Å²) in [5.41, 5.74) is 3.78. The summed E-state index contributed by atoms with van der Waals surface area (Å²) < 4.78 is 44.0. The van der Waals surface area contributed by atoms with Crippen LogP contribution in [0.1, 0.15) is 11.5 Å². The number of halogens is 3. The number of rotatable bonds is 9. The lowest BCUT2D eigenvalue weighted by Gasteiger charge is -2.31. The number of carboxylic acid groups (broad SMARTS) is 1. The molecule has 0 aromatic heterocycles. The van der Waals surface area contributed by atoms with Crippen molar-refractivity contribution in [1.29, 1.82) is 0 Å². The Hall–Kier alpha value is -2.69. The molecule has 11 heteroatoms. The number of hydrogen-bond acceptors (Lipinski definition) is 7. The van der Waals surface area contributed by atoms with Gasteiger partial charge in [0.15, 0.2) is 11.6 Å². The van der Waals surface area contributed by atoms with Crippen LogP contribution in [0.2, 0.25) is 5.02 Å². The summed E-state index contributed by atoms with van der Waals surface area (Å²) in [5, 5.41) is 12.3. The van der Waals surface area contributed by atoms with Crippen molar-refractivity contribution in [2.75, 3.05) is 40.7 Å². The fraction of sp³-hybridized carbons (Fsp3) is 0.368. The lowest BCUT2D eigenvalue weighted by molar-refractivity contribution is -0.136. The summed E-state index contributed by atoms with van der Waals surface area (Å²) in [6.45, 7) is -1.22. The van der Waals surface area contributed by atoms with Gasteiger partial charge in [-0.1, -0.05) is 11.6 Å². The maximum atomic E-state index is 15.2. The summed E-state index contributed by atoms with van der Waals surface area (Å²) >= 11 is 6.19. The van der Waals surface area contributed by atoms with Crippen molar-refractivity contribution in [3.63, 3.8) is 0 Å². The molecule has 1 aliphatic rings. The smallest absolute Gasteiger partial charge is 0.336 e. The molecule has 164 valence electrons. The molecule has 0 fully saturated rings. The van der Waals surface area contributed by atoms with Gasteiger partial charge in [-0.25, -0.2) is 18.4 Å². The van der Waals surface area contributed by atoms with Crippen molar-refractivity contribution in [2.45, 2.75) is 5.92 Å². The van der Waals surface area contributed by atoms with E-state index in [1.807, 2.05) is 0 Å². The molecule has 1 heterocycles. The van der Waals surface area contributed by atoms with E-state index in [9.17, 15) is 19.1 Å². The van der Waals surface area contributed by atoms with Crippen LogP contribution in [0.5, 0.6) is 5.75 Å². The van der Waals surface area contributed by atoms with Crippen LogP contribution in [0.25, 0.3) is 0 Å². The van der Waals surface area contributed by atoms with Crippen LogP contribution < -0.4 is 15.8 Å². The predicted molar refractivity (Wildman–Crippen MR) is 103 cm³/mol. The number of methoxy groups -OCH3 is 2. The second-order valence-electron chi connectivity index (χ2n) is 6.09.